The van der Waals surface area contributed by atoms with Crippen molar-refractivity contribution in [1.29, 1.82) is 0 Å². The number of hydrogen-bond acceptors (Lipinski definition) is 3. The van der Waals surface area contributed by atoms with Crippen LogP contribution in [-0.2, 0) is 12.7 Å². The minimum atomic E-state index is -4.43. The number of hydrogen-bond donors (Lipinski definition) is 1. The number of fused-ring (bicyclic) bond motifs is 1. The summed E-state index contributed by atoms with van der Waals surface area (Å²) in [6, 6.07) is -0.207. The van der Waals surface area contributed by atoms with E-state index in [0.29, 0.717) is 5.82 Å². The predicted molar refractivity (Wildman–Crippen MR) is 46.0 cm³/mol. The van der Waals surface area contributed by atoms with Gasteiger partial charge in [0.05, 0.1) is 6.04 Å². The number of nitrogens with zero attached hydrogens (tertiary/aromatic N) is 3. The molecule has 1 aliphatic heterocycles. The molecule has 0 fully saturated rings. The lowest BCUT2D eigenvalue weighted by Gasteiger charge is -2.27. The van der Waals surface area contributed by atoms with Gasteiger partial charge in [-0.3, -0.25) is 0 Å². The Hall–Kier alpha value is -1.11. The molecule has 1 aromatic heterocycles. The van der Waals surface area contributed by atoms with Crippen LogP contribution in [0.1, 0.15) is 31.5 Å². The van der Waals surface area contributed by atoms with Crippen molar-refractivity contribution in [2.24, 2.45) is 0 Å². The summed E-state index contributed by atoms with van der Waals surface area (Å²) in [6.45, 7) is 3.86. The highest BCUT2D eigenvalue weighted by atomic mass is 19.4. The molecule has 2 heterocycles. The second kappa shape index (κ2) is 3.19. The highest BCUT2D eigenvalue weighted by Gasteiger charge is 2.40. The molecule has 7 heteroatoms. The lowest BCUT2D eigenvalue weighted by Crippen LogP contribution is -2.40. The number of nitrogens with one attached hydrogen (secondary N) is 1. The summed E-state index contributed by atoms with van der Waals surface area (Å²) in [5.41, 5.74) is 0. The molecule has 0 saturated carbocycles. The highest BCUT2D eigenvalue weighted by molar-refractivity contribution is 5.06. The van der Waals surface area contributed by atoms with Crippen molar-refractivity contribution in [3.63, 3.8) is 0 Å². The van der Waals surface area contributed by atoms with Gasteiger partial charge in [-0.15, -0.1) is 10.2 Å². The summed E-state index contributed by atoms with van der Waals surface area (Å²) in [7, 11) is 0. The van der Waals surface area contributed by atoms with Gasteiger partial charge in [-0.2, -0.15) is 13.2 Å². The third-order valence-corrected chi connectivity index (χ3v) is 2.41. The highest BCUT2D eigenvalue weighted by Crippen LogP contribution is 2.30. The van der Waals surface area contributed by atoms with E-state index in [9.17, 15) is 13.2 Å². The van der Waals surface area contributed by atoms with Crippen LogP contribution < -0.4 is 5.32 Å². The zero-order valence-corrected chi connectivity index (χ0v) is 8.34. The minimum Gasteiger partial charge on any atom is -0.304 e. The van der Waals surface area contributed by atoms with Crippen molar-refractivity contribution < 1.29 is 13.2 Å². The summed E-state index contributed by atoms with van der Waals surface area (Å²) in [4.78, 5) is 0. The molecule has 0 radical (unpaired) electrons. The molecule has 0 amide bonds. The van der Waals surface area contributed by atoms with Crippen LogP contribution >= 0.6 is 0 Å². The third-order valence-electron chi connectivity index (χ3n) is 2.41. The SMILES string of the molecule is CC1Cn2c(nnc2C(F)(F)F)C(C)N1. The van der Waals surface area contributed by atoms with Gasteiger partial charge in [0.25, 0.3) is 0 Å². The van der Waals surface area contributed by atoms with Crippen LogP contribution in [0, 0.1) is 0 Å². The fourth-order valence-corrected chi connectivity index (χ4v) is 1.85. The van der Waals surface area contributed by atoms with E-state index >= 15 is 0 Å². The largest absolute Gasteiger partial charge is 0.451 e. The quantitative estimate of drug-likeness (QED) is 0.717. The normalized spacial score (nSPS) is 26.5. The predicted octanol–water partition coefficient (Wildman–Crippen LogP) is 1.35. The maximum absolute atomic E-state index is 12.5. The Morgan fingerprint density at radius 2 is 2.00 bits per heavy atom. The fourth-order valence-electron chi connectivity index (χ4n) is 1.85. The first kappa shape index (κ1) is 10.4. The van der Waals surface area contributed by atoms with Crippen LogP contribution in [0.25, 0.3) is 0 Å². The van der Waals surface area contributed by atoms with E-state index in [2.05, 4.69) is 15.5 Å². The topological polar surface area (TPSA) is 42.7 Å². The Morgan fingerprint density at radius 1 is 1.33 bits per heavy atom. The molecule has 15 heavy (non-hydrogen) atoms. The molecule has 0 aliphatic carbocycles. The van der Waals surface area contributed by atoms with Gasteiger partial charge in [0, 0.05) is 12.6 Å². The monoisotopic (exact) mass is 220 g/mol. The maximum atomic E-state index is 12.5. The van der Waals surface area contributed by atoms with Crippen LogP contribution in [0.15, 0.2) is 0 Å². The average molecular weight is 220 g/mol. The molecular formula is C8H11F3N4. The van der Waals surface area contributed by atoms with Crippen molar-refractivity contribution in [2.45, 2.75) is 38.7 Å². The van der Waals surface area contributed by atoms with E-state index in [4.69, 9.17) is 0 Å². The zero-order valence-electron chi connectivity index (χ0n) is 8.34. The van der Waals surface area contributed by atoms with Crippen LogP contribution in [0.3, 0.4) is 0 Å². The van der Waals surface area contributed by atoms with Gasteiger partial charge in [-0.25, -0.2) is 0 Å². The van der Waals surface area contributed by atoms with Crippen LogP contribution in [-0.4, -0.2) is 20.8 Å². The molecule has 0 saturated heterocycles. The third kappa shape index (κ3) is 1.71. The number of rotatable bonds is 0. The van der Waals surface area contributed by atoms with Crippen molar-refractivity contribution in [2.75, 3.05) is 0 Å². The molecule has 0 bridgehead atoms. The van der Waals surface area contributed by atoms with E-state index in [1.54, 1.807) is 6.92 Å². The van der Waals surface area contributed by atoms with Crippen LogP contribution in [0.2, 0.25) is 0 Å². The van der Waals surface area contributed by atoms with Gasteiger partial charge in [0.15, 0.2) is 0 Å². The van der Waals surface area contributed by atoms with E-state index in [1.807, 2.05) is 6.92 Å². The van der Waals surface area contributed by atoms with Crippen molar-refractivity contribution in [1.82, 2.24) is 20.1 Å². The van der Waals surface area contributed by atoms with Gasteiger partial charge in [-0.05, 0) is 13.8 Å². The molecule has 84 valence electrons. The first-order valence-electron chi connectivity index (χ1n) is 4.66. The molecule has 4 nitrogen and oxygen atoms in total. The molecule has 1 aliphatic rings. The maximum Gasteiger partial charge on any atom is 0.451 e. The molecule has 1 N–H and O–H groups in total. The average Bonchev–Trinajstić information content (AvgIpc) is 2.45. The first-order valence-corrected chi connectivity index (χ1v) is 4.66. The van der Waals surface area contributed by atoms with Crippen molar-refractivity contribution in [3.8, 4) is 0 Å². The molecule has 0 aromatic carbocycles. The zero-order chi connectivity index (χ0) is 11.2. The van der Waals surface area contributed by atoms with E-state index in [1.165, 1.54) is 0 Å². The Labute approximate surface area is 84.5 Å². The Bertz CT molecular complexity index is 370. The number of alkyl halides is 3. The second-order valence-corrected chi connectivity index (χ2v) is 3.78. The first-order chi connectivity index (χ1) is 6.89. The summed E-state index contributed by atoms with van der Waals surface area (Å²) < 4.78 is 38.7. The summed E-state index contributed by atoms with van der Waals surface area (Å²) in [6.07, 6.45) is -4.43. The van der Waals surface area contributed by atoms with Gasteiger partial charge in [0.2, 0.25) is 5.82 Å². The van der Waals surface area contributed by atoms with Gasteiger partial charge >= 0.3 is 6.18 Å². The van der Waals surface area contributed by atoms with E-state index in [-0.39, 0.29) is 18.6 Å². The van der Waals surface area contributed by atoms with Crippen LogP contribution in [0.5, 0.6) is 0 Å². The molecule has 1 aromatic rings. The Morgan fingerprint density at radius 3 is 2.60 bits per heavy atom. The van der Waals surface area contributed by atoms with Gasteiger partial charge < -0.3 is 9.88 Å². The van der Waals surface area contributed by atoms with Crippen molar-refractivity contribution >= 4 is 0 Å². The summed E-state index contributed by atoms with van der Waals surface area (Å²) in [5, 5.41) is 9.88. The smallest absolute Gasteiger partial charge is 0.304 e. The standard InChI is InChI=1S/C8H11F3N4/c1-4-3-15-6(5(2)12-4)13-14-7(15)8(9,10)11/h4-5,12H,3H2,1-2H3. The van der Waals surface area contributed by atoms with Crippen LogP contribution in [0.4, 0.5) is 13.2 Å². The van der Waals surface area contributed by atoms with E-state index < -0.39 is 12.0 Å². The number of aromatic nitrogens is 3. The van der Waals surface area contributed by atoms with Gasteiger partial charge in [-0.1, -0.05) is 0 Å². The number of halogens is 3. The van der Waals surface area contributed by atoms with Crippen molar-refractivity contribution in [3.05, 3.63) is 11.6 Å². The minimum absolute atomic E-state index is 0.00963. The fraction of sp³-hybridized carbons (Fsp3) is 0.750. The molecular weight excluding hydrogens is 209 g/mol. The molecule has 2 unspecified atom stereocenters. The molecule has 0 spiro atoms. The lowest BCUT2D eigenvalue weighted by atomic mass is 10.2. The Balaban J connectivity index is 2.46. The lowest BCUT2D eigenvalue weighted by molar-refractivity contribution is -0.147. The van der Waals surface area contributed by atoms with Gasteiger partial charge in [0.1, 0.15) is 5.82 Å². The summed E-state index contributed by atoms with van der Waals surface area (Å²) >= 11 is 0. The Kier molecular flexibility index (Phi) is 2.22. The molecule has 2 rings (SSSR count). The summed E-state index contributed by atoms with van der Waals surface area (Å²) in [5.74, 6) is -0.557. The molecule has 2 atom stereocenters. The van der Waals surface area contributed by atoms with E-state index in [0.717, 1.165) is 4.57 Å². The second-order valence-electron chi connectivity index (χ2n) is 3.78.